The summed E-state index contributed by atoms with van der Waals surface area (Å²) in [6.45, 7) is 6.69. The number of ether oxygens (including phenoxy) is 1. The number of benzene rings is 1. The van der Waals surface area contributed by atoms with Gasteiger partial charge in [-0.3, -0.25) is 4.79 Å². The summed E-state index contributed by atoms with van der Waals surface area (Å²) < 4.78 is 5.36. The van der Waals surface area contributed by atoms with E-state index in [2.05, 4.69) is 32.2 Å². The fourth-order valence-electron chi connectivity index (χ4n) is 4.21. The Kier molecular flexibility index (Phi) is 5.19. The number of methoxy groups -OCH3 is 1. The van der Waals surface area contributed by atoms with Crippen molar-refractivity contribution in [3.63, 3.8) is 0 Å². The van der Waals surface area contributed by atoms with Crippen LogP contribution in [0.3, 0.4) is 0 Å². The quantitative estimate of drug-likeness (QED) is 0.894. The fraction of sp³-hybridized carbons (Fsp3) is 0.571. The molecule has 1 aliphatic heterocycles. The summed E-state index contributed by atoms with van der Waals surface area (Å²) in [5, 5.41) is 3.48. The van der Waals surface area contributed by atoms with Gasteiger partial charge in [0, 0.05) is 11.6 Å². The van der Waals surface area contributed by atoms with E-state index in [4.69, 9.17) is 4.74 Å². The van der Waals surface area contributed by atoms with Crippen LogP contribution in [0.2, 0.25) is 0 Å². The smallest absolute Gasteiger partial charge is 0.241 e. The van der Waals surface area contributed by atoms with Crippen molar-refractivity contribution < 1.29 is 9.53 Å². The van der Waals surface area contributed by atoms with Crippen molar-refractivity contribution in [1.29, 1.82) is 0 Å². The number of anilines is 1. The van der Waals surface area contributed by atoms with Gasteiger partial charge in [-0.05, 0) is 57.4 Å². The summed E-state index contributed by atoms with van der Waals surface area (Å²) in [7, 11) is 1.67. The van der Waals surface area contributed by atoms with E-state index in [9.17, 15) is 4.79 Å². The van der Waals surface area contributed by atoms with Crippen LogP contribution in [0, 0.1) is 0 Å². The molecule has 1 aromatic rings. The number of carbonyl (C=O) groups is 1. The molecule has 0 aromatic heterocycles. The number of hydrogen-bond acceptors (Lipinski definition) is 3. The van der Waals surface area contributed by atoms with Gasteiger partial charge in [-0.25, -0.2) is 0 Å². The van der Waals surface area contributed by atoms with Crippen LogP contribution in [0.4, 0.5) is 5.69 Å². The average Bonchev–Trinajstić information content (AvgIpc) is 2.60. The third kappa shape index (κ3) is 3.74. The summed E-state index contributed by atoms with van der Waals surface area (Å²) in [4.78, 5) is 15.0. The van der Waals surface area contributed by atoms with Crippen LogP contribution in [-0.2, 0) is 4.79 Å². The van der Waals surface area contributed by atoms with Crippen molar-refractivity contribution in [2.75, 3.05) is 18.6 Å². The van der Waals surface area contributed by atoms with E-state index in [1.54, 1.807) is 7.11 Å². The van der Waals surface area contributed by atoms with Gasteiger partial charge in [-0.2, -0.15) is 0 Å². The van der Waals surface area contributed by atoms with Crippen LogP contribution in [0.15, 0.2) is 24.3 Å². The minimum absolute atomic E-state index is 0.130. The lowest BCUT2D eigenvalue weighted by molar-refractivity contribution is -0.118. The molecule has 1 aliphatic carbocycles. The number of nitrogens with one attached hydrogen (secondary N) is 1. The second kappa shape index (κ2) is 7.20. The van der Waals surface area contributed by atoms with Crippen molar-refractivity contribution >= 4 is 17.2 Å². The van der Waals surface area contributed by atoms with Crippen molar-refractivity contribution in [1.82, 2.24) is 5.32 Å². The lowest BCUT2D eigenvalue weighted by atomic mass is 9.88. The standard InChI is InChI=1S/C21H30N2O2/c1-15-13-21(2,3)23(19-11-10-17(25-4)12-18(15)19)20(24)14-22-16-8-6-5-7-9-16/h10-13,16,22H,5-9,14H2,1-4H3. The van der Waals surface area contributed by atoms with Crippen molar-refractivity contribution in [2.45, 2.75) is 64.5 Å². The van der Waals surface area contributed by atoms with Crippen LogP contribution in [0.1, 0.15) is 58.4 Å². The molecule has 3 rings (SSSR count). The number of amides is 1. The molecule has 1 N–H and O–H groups in total. The predicted octanol–water partition coefficient (Wildman–Crippen LogP) is 4.15. The maximum Gasteiger partial charge on any atom is 0.241 e. The second-order valence-electron chi connectivity index (χ2n) is 7.81. The molecule has 1 saturated carbocycles. The van der Waals surface area contributed by atoms with Crippen LogP contribution >= 0.6 is 0 Å². The summed E-state index contributed by atoms with van der Waals surface area (Å²) in [5.41, 5.74) is 2.89. The highest BCUT2D eigenvalue weighted by Gasteiger charge is 2.35. The lowest BCUT2D eigenvalue weighted by Crippen LogP contribution is -2.52. The Morgan fingerprint density at radius 1 is 1.28 bits per heavy atom. The van der Waals surface area contributed by atoms with Crippen molar-refractivity contribution in [3.8, 4) is 5.75 Å². The first-order valence-electron chi connectivity index (χ1n) is 9.36. The highest BCUT2D eigenvalue weighted by atomic mass is 16.5. The van der Waals surface area contributed by atoms with Gasteiger partial charge in [-0.1, -0.05) is 25.3 Å². The van der Waals surface area contributed by atoms with Crippen LogP contribution in [0.25, 0.3) is 5.57 Å². The number of nitrogens with zero attached hydrogens (tertiary/aromatic N) is 1. The SMILES string of the molecule is COc1ccc2c(c1)C(C)=CC(C)(C)N2C(=O)CNC1CCCCC1. The van der Waals surface area contributed by atoms with E-state index >= 15 is 0 Å². The fourth-order valence-corrected chi connectivity index (χ4v) is 4.21. The molecule has 4 heteroatoms. The maximum atomic E-state index is 13.1. The molecule has 0 radical (unpaired) electrons. The van der Waals surface area contributed by atoms with Crippen molar-refractivity contribution in [3.05, 3.63) is 29.8 Å². The Morgan fingerprint density at radius 2 is 2.00 bits per heavy atom. The molecule has 1 aromatic carbocycles. The largest absolute Gasteiger partial charge is 0.497 e. The molecule has 25 heavy (non-hydrogen) atoms. The minimum Gasteiger partial charge on any atom is -0.497 e. The third-order valence-electron chi connectivity index (χ3n) is 5.41. The van der Waals surface area contributed by atoms with E-state index in [-0.39, 0.29) is 11.4 Å². The number of fused-ring (bicyclic) bond motifs is 1. The zero-order valence-electron chi connectivity index (χ0n) is 15.9. The van der Waals surface area contributed by atoms with Crippen LogP contribution in [-0.4, -0.2) is 31.1 Å². The molecular weight excluding hydrogens is 312 g/mol. The molecule has 136 valence electrons. The summed E-state index contributed by atoms with van der Waals surface area (Å²) >= 11 is 0. The molecule has 0 unspecified atom stereocenters. The Bertz CT molecular complexity index is 672. The summed E-state index contributed by atoms with van der Waals surface area (Å²) in [6, 6.07) is 6.44. The molecule has 2 aliphatic rings. The van der Waals surface area contributed by atoms with E-state index in [0.717, 1.165) is 17.0 Å². The van der Waals surface area contributed by atoms with Crippen LogP contribution < -0.4 is 15.0 Å². The molecule has 4 nitrogen and oxygen atoms in total. The monoisotopic (exact) mass is 342 g/mol. The van der Waals surface area contributed by atoms with Gasteiger partial charge in [-0.15, -0.1) is 0 Å². The van der Waals surface area contributed by atoms with E-state index in [1.165, 1.54) is 37.7 Å². The summed E-state index contributed by atoms with van der Waals surface area (Å²) in [5.74, 6) is 0.949. The molecular formula is C21H30N2O2. The van der Waals surface area contributed by atoms with E-state index in [1.807, 2.05) is 23.1 Å². The van der Waals surface area contributed by atoms with Gasteiger partial charge in [0.2, 0.25) is 5.91 Å². The van der Waals surface area contributed by atoms with Gasteiger partial charge < -0.3 is 15.0 Å². The first-order valence-corrected chi connectivity index (χ1v) is 9.36. The first-order chi connectivity index (χ1) is 11.9. The summed E-state index contributed by atoms with van der Waals surface area (Å²) in [6.07, 6.45) is 8.40. The van der Waals surface area contributed by atoms with Crippen molar-refractivity contribution in [2.24, 2.45) is 0 Å². The Labute approximate surface area is 151 Å². The van der Waals surface area contributed by atoms with Gasteiger partial charge in [0.05, 0.1) is 24.9 Å². The first kappa shape index (κ1) is 18.0. The zero-order chi connectivity index (χ0) is 18.0. The van der Waals surface area contributed by atoms with Gasteiger partial charge in [0.25, 0.3) is 0 Å². The average molecular weight is 342 g/mol. The molecule has 0 saturated heterocycles. The number of allylic oxidation sites excluding steroid dienone is 1. The lowest BCUT2D eigenvalue weighted by Gasteiger charge is -2.42. The zero-order valence-corrected chi connectivity index (χ0v) is 15.9. The molecule has 1 fully saturated rings. The maximum absolute atomic E-state index is 13.1. The third-order valence-corrected chi connectivity index (χ3v) is 5.41. The molecule has 0 bridgehead atoms. The molecule has 0 atom stereocenters. The number of carbonyl (C=O) groups excluding carboxylic acids is 1. The van der Waals surface area contributed by atoms with Gasteiger partial charge in [0.15, 0.2) is 0 Å². The number of hydrogen-bond donors (Lipinski definition) is 1. The predicted molar refractivity (Wildman–Crippen MR) is 103 cm³/mol. The number of rotatable bonds is 4. The highest BCUT2D eigenvalue weighted by molar-refractivity contribution is 6.01. The molecule has 0 spiro atoms. The normalized spacial score (nSPS) is 20.0. The molecule has 1 heterocycles. The Hall–Kier alpha value is -1.81. The highest BCUT2D eigenvalue weighted by Crippen LogP contribution is 2.40. The molecule has 1 amide bonds. The topological polar surface area (TPSA) is 41.6 Å². The second-order valence-corrected chi connectivity index (χ2v) is 7.81. The van der Waals surface area contributed by atoms with Gasteiger partial charge in [0.1, 0.15) is 5.75 Å². The van der Waals surface area contributed by atoms with E-state index in [0.29, 0.717) is 12.6 Å². The Morgan fingerprint density at radius 3 is 2.68 bits per heavy atom. The van der Waals surface area contributed by atoms with Crippen LogP contribution in [0.5, 0.6) is 5.75 Å². The Balaban J connectivity index is 1.82. The van der Waals surface area contributed by atoms with E-state index < -0.39 is 0 Å². The van der Waals surface area contributed by atoms with Gasteiger partial charge >= 0.3 is 0 Å². The minimum atomic E-state index is -0.336.